The SMILES string of the molecule is Ic1ccc2ccc3c(N(c4ccccc4)c4cccc5ccccc45)ccc4ccc1c2c43. The molecule has 1 nitrogen and oxygen atoms in total. The number of hydrogen-bond donors (Lipinski definition) is 0. The lowest BCUT2D eigenvalue weighted by molar-refractivity contribution is 1.31. The van der Waals surface area contributed by atoms with Crippen molar-refractivity contribution in [1.82, 2.24) is 0 Å². The van der Waals surface area contributed by atoms with Gasteiger partial charge in [-0.3, -0.25) is 0 Å². The second kappa shape index (κ2) is 7.71. The van der Waals surface area contributed by atoms with Crippen molar-refractivity contribution in [3.63, 3.8) is 0 Å². The molecule has 0 saturated heterocycles. The van der Waals surface area contributed by atoms with Crippen molar-refractivity contribution in [2.45, 2.75) is 0 Å². The van der Waals surface area contributed by atoms with Crippen LogP contribution in [0.5, 0.6) is 0 Å². The fraction of sp³-hybridized carbons (Fsp3) is 0. The highest BCUT2D eigenvalue weighted by molar-refractivity contribution is 14.1. The molecule has 0 spiro atoms. The van der Waals surface area contributed by atoms with E-state index in [1.54, 1.807) is 0 Å². The third kappa shape index (κ3) is 2.92. The lowest BCUT2D eigenvalue weighted by atomic mass is 9.93. The van der Waals surface area contributed by atoms with E-state index < -0.39 is 0 Å². The summed E-state index contributed by atoms with van der Waals surface area (Å²) in [6.45, 7) is 0. The topological polar surface area (TPSA) is 3.24 Å². The molecule has 7 rings (SSSR count). The normalized spacial score (nSPS) is 11.7. The van der Waals surface area contributed by atoms with Crippen molar-refractivity contribution in [3.8, 4) is 0 Å². The number of fused-ring (bicyclic) bond motifs is 1. The Kier molecular flexibility index (Phi) is 4.49. The average molecular weight is 545 g/mol. The zero-order chi connectivity index (χ0) is 22.6. The fourth-order valence-corrected chi connectivity index (χ4v) is 5.96. The second-order valence-electron chi connectivity index (χ2n) is 8.72. The molecule has 0 saturated carbocycles. The Morgan fingerprint density at radius 3 is 1.88 bits per heavy atom. The van der Waals surface area contributed by atoms with Gasteiger partial charge in [0.2, 0.25) is 0 Å². The summed E-state index contributed by atoms with van der Waals surface area (Å²) in [6.07, 6.45) is 0. The monoisotopic (exact) mass is 545 g/mol. The maximum atomic E-state index is 2.46. The molecule has 34 heavy (non-hydrogen) atoms. The first-order valence-electron chi connectivity index (χ1n) is 11.5. The Morgan fingerprint density at radius 1 is 0.412 bits per heavy atom. The van der Waals surface area contributed by atoms with Gasteiger partial charge in [-0.05, 0) is 85.2 Å². The number of hydrogen-bond acceptors (Lipinski definition) is 1. The smallest absolute Gasteiger partial charge is 0.0540 e. The van der Waals surface area contributed by atoms with Crippen LogP contribution in [0.4, 0.5) is 17.1 Å². The van der Waals surface area contributed by atoms with Gasteiger partial charge in [-0.25, -0.2) is 0 Å². The number of benzene rings is 7. The minimum Gasteiger partial charge on any atom is -0.309 e. The van der Waals surface area contributed by atoms with E-state index in [0.29, 0.717) is 0 Å². The van der Waals surface area contributed by atoms with E-state index in [2.05, 4.69) is 149 Å². The van der Waals surface area contributed by atoms with E-state index in [1.165, 1.54) is 58.0 Å². The summed E-state index contributed by atoms with van der Waals surface area (Å²) in [5.74, 6) is 0. The number of para-hydroxylation sites is 1. The van der Waals surface area contributed by atoms with Crippen LogP contribution in [-0.2, 0) is 0 Å². The zero-order valence-corrected chi connectivity index (χ0v) is 20.5. The van der Waals surface area contributed by atoms with Crippen LogP contribution >= 0.6 is 22.6 Å². The van der Waals surface area contributed by atoms with Crippen molar-refractivity contribution >= 4 is 82.7 Å². The molecular weight excluding hydrogens is 525 g/mol. The molecule has 7 aromatic rings. The van der Waals surface area contributed by atoms with Gasteiger partial charge in [0.15, 0.2) is 0 Å². The van der Waals surface area contributed by atoms with Crippen molar-refractivity contribution < 1.29 is 0 Å². The van der Waals surface area contributed by atoms with E-state index in [0.717, 1.165) is 5.69 Å². The molecule has 0 aromatic heterocycles. The number of nitrogens with zero attached hydrogens (tertiary/aromatic N) is 1. The molecule has 0 atom stereocenters. The predicted octanol–water partition coefficient (Wildman–Crippen LogP) is 9.81. The van der Waals surface area contributed by atoms with Crippen molar-refractivity contribution in [2.75, 3.05) is 4.90 Å². The van der Waals surface area contributed by atoms with Crippen LogP contribution in [0, 0.1) is 3.57 Å². The molecule has 0 aliphatic carbocycles. The highest BCUT2D eigenvalue weighted by atomic mass is 127. The van der Waals surface area contributed by atoms with Gasteiger partial charge in [-0.15, -0.1) is 0 Å². The average Bonchev–Trinajstić information content (AvgIpc) is 2.90. The van der Waals surface area contributed by atoms with Gasteiger partial charge >= 0.3 is 0 Å². The van der Waals surface area contributed by atoms with E-state index in [4.69, 9.17) is 0 Å². The van der Waals surface area contributed by atoms with E-state index >= 15 is 0 Å². The minimum absolute atomic E-state index is 1.16. The van der Waals surface area contributed by atoms with Gasteiger partial charge in [0.1, 0.15) is 0 Å². The molecule has 0 radical (unpaired) electrons. The van der Waals surface area contributed by atoms with E-state index in [1.807, 2.05) is 0 Å². The van der Waals surface area contributed by atoms with Gasteiger partial charge in [0.25, 0.3) is 0 Å². The van der Waals surface area contributed by atoms with Gasteiger partial charge in [0, 0.05) is 20.0 Å². The van der Waals surface area contributed by atoms with E-state index in [-0.39, 0.29) is 0 Å². The highest BCUT2D eigenvalue weighted by Gasteiger charge is 2.19. The number of rotatable bonds is 3. The fourth-order valence-electron chi connectivity index (χ4n) is 5.33. The van der Waals surface area contributed by atoms with Crippen LogP contribution in [0.3, 0.4) is 0 Å². The molecule has 0 aliphatic rings. The molecule has 0 heterocycles. The molecule has 2 heteroatoms. The lowest BCUT2D eigenvalue weighted by Gasteiger charge is -2.28. The molecule has 160 valence electrons. The maximum absolute atomic E-state index is 2.46. The first-order valence-corrected chi connectivity index (χ1v) is 12.6. The third-order valence-electron chi connectivity index (χ3n) is 6.85. The third-order valence-corrected chi connectivity index (χ3v) is 7.79. The molecule has 0 amide bonds. The molecule has 0 bridgehead atoms. The van der Waals surface area contributed by atoms with Crippen molar-refractivity contribution in [2.24, 2.45) is 0 Å². The van der Waals surface area contributed by atoms with Crippen LogP contribution in [0.15, 0.2) is 121 Å². The second-order valence-corrected chi connectivity index (χ2v) is 9.89. The van der Waals surface area contributed by atoms with E-state index in [9.17, 15) is 0 Å². The van der Waals surface area contributed by atoms with Crippen molar-refractivity contribution in [1.29, 1.82) is 0 Å². The predicted molar refractivity (Wildman–Crippen MR) is 155 cm³/mol. The summed E-state index contributed by atoms with van der Waals surface area (Å²) >= 11 is 2.46. The molecule has 0 unspecified atom stereocenters. The van der Waals surface area contributed by atoms with Crippen LogP contribution in [0.25, 0.3) is 43.1 Å². The summed E-state index contributed by atoms with van der Waals surface area (Å²) in [5, 5.41) is 10.4. The Balaban J connectivity index is 1.62. The maximum Gasteiger partial charge on any atom is 0.0540 e. The van der Waals surface area contributed by atoms with Crippen LogP contribution in [0.1, 0.15) is 0 Å². The lowest BCUT2D eigenvalue weighted by Crippen LogP contribution is -2.11. The summed E-state index contributed by atoms with van der Waals surface area (Å²) < 4.78 is 1.29. The zero-order valence-electron chi connectivity index (χ0n) is 18.4. The molecule has 0 aliphatic heterocycles. The summed E-state index contributed by atoms with van der Waals surface area (Å²) in [4.78, 5) is 2.42. The van der Waals surface area contributed by atoms with Crippen LogP contribution in [-0.4, -0.2) is 0 Å². The van der Waals surface area contributed by atoms with Gasteiger partial charge in [-0.2, -0.15) is 0 Å². The quantitative estimate of drug-likeness (QED) is 0.158. The van der Waals surface area contributed by atoms with Gasteiger partial charge in [-0.1, -0.05) is 91.0 Å². The Labute approximate surface area is 211 Å². The summed E-state index contributed by atoms with van der Waals surface area (Å²) in [7, 11) is 0. The Morgan fingerprint density at radius 2 is 1.03 bits per heavy atom. The molecule has 0 N–H and O–H groups in total. The standard InChI is InChI=1S/C32H20IN/c33-28-19-15-22-14-18-27-30(20-16-23-13-17-26(28)31(22)32(23)27)34(24-9-2-1-3-10-24)29-12-6-8-21-7-4-5-11-25(21)29/h1-20H. The number of halogens is 1. The summed E-state index contributed by atoms with van der Waals surface area (Å²) in [5.41, 5.74) is 3.54. The van der Waals surface area contributed by atoms with Gasteiger partial charge in [0.05, 0.1) is 11.4 Å². The highest BCUT2D eigenvalue weighted by Crippen LogP contribution is 2.45. The van der Waals surface area contributed by atoms with Crippen LogP contribution in [0.2, 0.25) is 0 Å². The Hall–Kier alpha value is -3.63. The largest absolute Gasteiger partial charge is 0.309 e. The molecule has 7 aromatic carbocycles. The minimum atomic E-state index is 1.16. The van der Waals surface area contributed by atoms with Gasteiger partial charge < -0.3 is 4.90 Å². The van der Waals surface area contributed by atoms with Crippen molar-refractivity contribution in [3.05, 3.63) is 125 Å². The first kappa shape index (κ1) is 19.8. The molecular formula is C32H20IN. The molecule has 0 fully saturated rings. The Bertz CT molecular complexity index is 1820. The summed E-state index contributed by atoms with van der Waals surface area (Å²) in [6, 6.07) is 44.1. The van der Waals surface area contributed by atoms with Crippen LogP contribution < -0.4 is 4.90 Å². The number of anilines is 3. The first-order chi connectivity index (χ1) is 16.8.